The van der Waals surface area contributed by atoms with Crippen LogP contribution in [0.2, 0.25) is 5.02 Å². The molecule has 4 rings (SSSR count). The highest BCUT2D eigenvalue weighted by molar-refractivity contribution is 7.15. The molecule has 0 amide bonds. The summed E-state index contributed by atoms with van der Waals surface area (Å²) in [6.45, 7) is 0. The number of thiazole rings is 1. The Hall–Kier alpha value is -1.84. The van der Waals surface area contributed by atoms with Gasteiger partial charge in [-0.3, -0.25) is 0 Å². The predicted molar refractivity (Wildman–Crippen MR) is 85.2 cm³/mol. The van der Waals surface area contributed by atoms with Crippen LogP contribution in [0.1, 0.15) is 10.4 Å². The van der Waals surface area contributed by atoms with Gasteiger partial charge in [0, 0.05) is 21.9 Å². The van der Waals surface area contributed by atoms with Gasteiger partial charge in [0.2, 0.25) is 0 Å². The lowest BCUT2D eigenvalue weighted by Gasteiger charge is -2.06. The Bertz CT molecular complexity index is 823. The molecule has 20 heavy (non-hydrogen) atoms. The van der Waals surface area contributed by atoms with Gasteiger partial charge in [-0.1, -0.05) is 41.9 Å². The maximum Gasteiger partial charge on any atom is 0.180 e. The van der Waals surface area contributed by atoms with Gasteiger partial charge in [0.05, 0.1) is 5.69 Å². The van der Waals surface area contributed by atoms with Crippen LogP contribution in [0.25, 0.3) is 22.4 Å². The zero-order valence-electron chi connectivity index (χ0n) is 10.6. The number of halogens is 1. The molecule has 0 unspecified atom stereocenters. The first kappa shape index (κ1) is 11.9. The molecule has 0 spiro atoms. The molecule has 0 atom stereocenters. The zero-order chi connectivity index (χ0) is 13.7. The second-order valence-corrected chi connectivity index (χ2v) is 6.43. The summed E-state index contributed by atoms with van der Waals surface area (Å²) in [6.07, 6.45) is 0.925. The van der Waals surface area contributed by atoms with Crippen LogP contribution in [0.3, 0.4) is 0 Å². The van der Waals surface area contributed by atoms with Gasteiger partial charge in [0.15, 0.2) is 5.13 Å². The number of nitrogen functional groups attached to an aromatic ring is 1. The van der Waals surface area contributed by atoms with E-state index in [4.69, 9.17) is 17.3 Å². The van der Waals surface area contributed by atoms with Crippen molar-refractivity contribution in [1.29, 1.82) is 0 Å². The molecule has 0 aliphatic heterocycles. The van der Waals surface area contributed by atoms with Crippen molar-refractivity contribution >= 4 is 28.1 Å². The van der Waals surface area contributed by atoms with E-state index in [9.17, 15) is 0 Å². The number of hydrogen-bond donors (Lipinski definition) is 1. The van der Waals surface area contributed by atoms with Gasteiger partial charge in [-0.25, -0.2) is 4.98 Å². The molecule has 0 saturated carbocycles. The quantitative estimate of drug-likeness (QED) is 0.557. The second kappa shape index (κ2) is 4.33. The molecule has 0 radical (unpaired) electrons. The fraction of sp³-hybridized carbons (Fsp3) is 0.0625. The Morgan fingerprint density at radius 1 is 1.10 bits per heavy atom. The first-order valence-electron chi connectivity index (χ1n) is 6.35. The summed E-state index contributed by atoms with van der Waals surface area (Å²) in [6, 6.07) is 14.4. The summed E-state index contributed by atoms with van der Waals surface area (Å²) in [5, 5.41) is 1.41. The van der Waals surface area contributed by atoms with Gasteiger partial charge in [0.1, 0.15) is 0 Å². The summed E-state index contributed by atoms with van der Waals surface area (Å²) in [7, 11) is 0. The first-order valence-corrected chi connectivity index (χ1v) is 7.54. The van der Waals surface area contributed by atoms with Crippen molar-refractivity contribution in [2.24, 2.45) is 0 Å². The van der Waals surface area contributed by atoms with Crippen molar-refractivity contribution in [2.75, 3.05) is 5.73 Å². The van der Waals surface area contributed by atoms with Crippen LogP contribution >= 0.6 is 22.9 Å². The van der Waals surface area contributed by atoms with Crippen LogP contribution < -0.4 is 5.73 Å². The molecule has 2 aromatic carbocycles. The van der Waals surface area contributed by atoms with Gasteiger partial charge in [-0.05, 0) is 28.8 Å². The molecule has 0 saturated heterocycles. The molecule has 4 heteroatoms. The van der Waals surface area contributed by atoms with E-state index in [2.05, 4.69) is 29.2 Å². The van der Waals surface area contributed by atoms with E-state index in [1.54, 1.807) is 11.3 Å². The standard InChI is InChI=1S/C16H11ClN2S/c17-12-3-1-2-9(7-12)10-4-5-13-11(6-10)8-14-15(13)19-16(18)20-14/h1-7H,8H2,(H2,18,19). The summed E-state index contributed by atoms with van der Waals surface area (Å²) < 4.78 is 0. The van der Waals surface area contributed by atoms with Crippen molar-refractivity contribution < 1.29 is 0 Å². The third-order valence-corrected chi connectivity index (χ3v) is 4.70. The lowest BCUT2D eigenvalue weighted by Crippen LogP contribution is -1.86. The lowest BCUT2D eigenvalue weighted by atomic mass is 10.0. The number of anilines is 1. The molecule has 1 aliphatic rings. The van der Waals surface area contributed by atoms with E-state index in [1.165, 1.54) is 21.6 Å². The monoisotopic (exact) mass is 298 g/mol. The Morgan fingerprint density at radius 2 is 1.95 bits per heavy atom. The molecular formula is C16H11ClN2S. The molecule has 1 aliphatic carbocycles. The number of fused-ring (bicyclic) bond motifs is 3. The van der Waals surface area contributed by atoms with Crippen molar-refractivity contribution in [2.45, 2.75) is 6.42 Å². The van der Waals surface area contributed by atoms with Crippen molar-refractivity contribution in [1.82, 2.24) is 4.98 Å². The summed E-state index contributed by atoms with van der Waals surface area (Å²) >= 11 is 7.65. The zero-order valence-corrected chi connectivity index (χ0v) is 12.1. The van der Waals surface area contributed by atoms with E-state index >= 15 is 0 Å². The minimum absolute atomic E-state index is 0.652. The predicted octanol–water partition coefficient (Wildman–Crippen LogP) is 4.62. The largest absolute Gasteiger partial charge is 0.375 e. The SMILES string of the molecule is Nc1nc2c(s1)Cc1cc(-c3cccc(Cl)c3)ccc1-2. The van der Waals surface area contributed by atoms with Crippen LogP contribution in [-0.4, -0.2) is 4.98 Å². The van der Waals surface area contributed by atoms with E-state index in [-0.39, 0.29) is 0 Å². The van der Waals surface area contributed by atoms with Crippen LogP contribution in [-0.2, 0) is 6.42 Å². The van der Waals surface area contributed by atoms with Crippen molar-refractivity contribution in [3.63, 3.8) is 0 Å². The molecule has 2 N–H and O–H groups in total. The normalized spacial score (nSPS) is 12.2. The summed E-state index contributed by atoms with van der Waals surface area (Å²) in [4.78, 5) is 5.69. The minimum atomic E-state index is 0.652. The van der Waals surface area contributed by atoms with Crippen molar-refractivity contribution in [3.05, 3.63) is 57.9 Å². The molecule has 3 aromatic rings. The lowest BCUT2D eigenvalue weighted by molar-refractivity contribution is 1.31. The third-order valence-electron chi connectivity index (χ3n) is 3.58. The molecule has 2 nitrogen and oxygen atoms in total. The fourth-order valence-electron chi connectivity index (χ4n) is 2.69. The maximum absolute atomic E-state index is 6.06. The fourth-order valence-corrected chi connectivity index (χ4v) is 3.75. The Balaban J connectivity index is 1.81. The number of nitrogens with zero attached hydrogens (tertiary/aromatic N) is 1. The average molecular weight is 299 g/mol. The number of nitrogens with two attached hydrogens (primary N) is 1. The van der Waals surface area contributed by atoms with Gasteiger partial charge in [-0.15, -0.1) is 11.3 Å². The number of hydrogen-bond acceptors (Lipinski definition) is 3. The summed E-state index contributed by atoms with van der Waals surface area (Å²) in [5.74, 6) is 0. The minimum Gasteiger partial charge on any atom is -0.375 e. The van der Waals surface area contributed by atoms with Crippen LogP contribution in [0.5, 0.6) is 0 Å². The third kappa shape index (κ3) is 1.82. The van der Waals surface area contributed by atoms with E-state index in [0.29, 0.717) is 5.13 Å². The van der Waals surface area contributed by atoms with E-state index in [0.717, 1.165) is 22.7 Å². The van der Waals surface area contributed by atoms with Crippen molar-refractivity contribution in [3.8, 4) is 22.4 Å². The molecule has 98 valence electrons. The van der Waals surface area contributed by atoms with Gasteiger partial charge in [-0.2, -0.15) is 0 Å². The topological polar surface area (TPSA) is 38.9 Å². The highest BCUT2D eigenvalue weighted by Gasteiger charge is 2.22. The highest BCUT2D eigenvalue weighted by atomic mass is 35.5. The Morgan fingerprint density at radius 3 is 2.80 bits per heavy atom. The van der Waals surface area contributed by atoms with E-state index < -0.39 is 0 Å². The van der Waals surface area contributed by atoms with Gasteiger partial charge in [0.25, 0.3) is 0 Å². The average Bonchev–Trinajstić information content (AvgIpc) is 2.93. The second-order valence-electron chi connectivity index (χ2n) is 4.88. The molecule has 1 aromatic heterocycles. The first-order chi connectivity index (χ1) is 9.70. The van der Waals surface area contributed by atoms with Crippen LogP contribution in [0, 0.1) is 0 Å². The molecular weight excluding hydrogens is 288 g/mol. The molecule has 0 bridgehead atoms. The van der Waals surface area contributed by atoms with Gasteiger partial charge < -0.3 is 5.73 Å². The number of rotatable bonds is 1. The number of benzene rings is 2. The highest BCUT2D eigenvalue weighted by Crippen LogP contribution is 2.41. The molecule has 1 heterocycles. The Labute approximate surface area is 125 Å². The Kier molecular flexibility index (Phi) is 2.59. The van der Waals surface area contributed by atoms with E-state index in [1.807, 2.05) is 18.2 Å². The maximum atomic E-state index is 6.06. The van der Waals surface area contributed by atoms with Gasteiger partial charge >= 0.3 is 0 Å². The number of aromatic nitrogens is 1. The molecule has 0 fully saturated rings. The van der Waals surface area contributed by atoms with Crippen LogP contribution in [0.4, 0.5) is 5.13 Å². The summed E-state index contributed by atoms with van der Waals surface area (Å²) in [5.41, 5.74) is 11.7. The van der Waals surface area contributed by atoms with Crippen LogP contribution in [0.15, 0.2) is 42.5 Å². The smallest absolute Gasteiger partial charge is 0.180 e.